The molecular weight excluding hydrogens is 456 g/mol. The van der Waals surface area contributed by atoms with Gasteiger partial charge in [0.2, 0.25) is 0 Å². The first-order chi connectivity index (χ1) is 16.4. The summed E-state index contributed by atoms with van der Waals surface area (Å²) in [7, 11) is 3.23. The number of benzene rings is 1. The lowest BCUT2D eigenvalue weighted by Gasteiger charge is -2.16. The molecule has 1 aliphatic carbocycles. The van der Waals surface area contributed by atoms with Crippen LogP contribution in [0.5, 0.6) is 5.75 Å². The number of halogens is 2. The van der Waals surface area contributed by atoms with Gasteiger partial charge in [-0.05, 0) is 52.2 Å². The molecule has 1 atom stereocenters. The minimum absolute atomic E-state index is 0.0302. The van der Waals surface area contributed by atoms with E-state index in [1.807, 2.05) is 7.05 Å². The predicted octanol–water partition coefficient (Wildman–Crippen LogP) is 6.12. The Labute approximate surface area is 209 Å². The Bertz CT molecular complexity index is 736. The van der Waals surface area contributed by atoms with Crippen molar-refractivity contribution in [3.8, 4) is 5.75 Å². The van der Waals surface area contributed by atoms with E-state index in [-0.39, 0.29) is 16.4 Å². The zero-order valence-electron chi connectivity index (χ0n) is 21.7. The van der Waals surface area contributed by atoms with Crippen LogP contribution in [0.2, 0.25) is 0 Å². The average molecular weight is 500 g/mol. The maximum atomic E-state index is 13.9. The molecule has 1 aliphatic heterocycles. The zero-order chi connectivity index (χ0) is 25.8. The van der Waals surface area contributed by atoms with E-state index in [2.05, 4.69) is 36.4 Å². The first kappa shape index (κ1) is 32.2. The van der Waals surface area contributed by atoms with Gasteiger partial charge in [0.05, 0.1) is 12.4 Å². The second kappa shape index (κ2) is 20.6. The molecule has 0 aromatic heterocycles. The van der Waals surface area contributed by atoms with E-state index < -0.39 is 16.9 Å². The van der Waals surface area contributed by atoms with Crippen LogP contribution in [0.15, 0.2) is 28.9 Å². The van der Waals surface area contributed by atoms with Crippen LogP contribution in [0.25, 0.3) is 0 Å². The molecule has 0 radical (unpaired) electrons. The Hall–Kier alpha value is -1.77. The summed E-state index contributed by atoms with van der Waals surface area (Å²) in [6.07, 6.45) is 11.1. The molecule has 1 unspecified atom stereocenters. The molecule has 8 heteroatoms. The molecule has 2 N–H and O–H groups in total. The number of carbonyl (C=O) groups is 1. The van der Waals surface area contributed by atoms with Crippen LogP contribution in [0.3, 0.4) is 0 Å². The molecule has 5 nitrogen and oxygen atoms in total. The second-order valence-electron chi connectivity index (χ2n) is 7.74. The quantitative estimate of drug-likeness (QED) is 0.443. The summed E-state index contributed by atoms with van der Waals surface area (Å²) in [5.41, 5.74) is 0.629. The lowest BCUT2D eigenvalue weighted by molar-refractivity contribution is -0.106. The number of aliphatic imine (C=N–C) groups is 1. The molecule has 194 valence electrons. The zero-order valence-corrected chi connectivity index (χ0v) is 22.5. The molecule has 1 heterocycles. The minimum Gasteiger partial charge on any atom is -0.494 e. The molecule has 1 fully saturated rings. The van der Waals surface area contributed by atoms with E-state index >= 15 is 0 Å². The summed E-state index contributed by atoms with van der Waals surface area (Å²) in [5.74, 6) is -1.47. The van der Waals surface area contributed by atoms with Gasteiger partial charge in [0.15, 0.2) is 11.6 Å². The van der Waals surface area contributed by atoms with E-state index in [9.17, 15) is 13.6 Å². The highest BCUT2D eigenvalue weighted by Gasteiger charge is 2.21. The van der Waals surface area contributed by atoms with Crippen molar-refractivity contribution in [2.75, 3.05) is 33.8 Å². The molecule has 0 saturated heterocycles. The third-order valence-electron chi connectivity index (χ3n) is 4.79. The molecule has 1 saturated carbocycles. The summed E-state index contributed by atoms with van der Waals surface area (Å²) < 4.78 is 32.2. The number of carbonyl (C=O) groups excluding carboxylic acids is 1. The Morgan fingerprint density at radius 1 is 1.09 bits per heavy atom. The van der Waals surface area contributed by atoms with Crippen molar-refractivity contribution in [3.63, 3.8) is 0 Å². The standard InChI is InChI=1S/C13H11F2NO2S.C5H10.2C4H11N/c1-7-3-8(6-17)19-13(16-7)9-4-11(15)12(18-2)5-10(9)14;1-2-4-5-3-1;1-3-4-5-2;1-3-5-4-2/h3-6,8H,1-2H3;1-5H2;2*5H,3-4H2,1-2H3. The summed E-state index contributed by atoms with van der Waals surface area (Å²) in [6.45, 7) is 11.4. The van der Waals surface area contributed by atoms with Crippen molar-refractivity contribution in [1.82, 2.24) is 10.6 Å². The predicted molar refractivity (Wildman–Crippen MR) is 142 cm³/mol. The normalized spacial score (nSPS) is 16.4. The Kier molecular flexibility index (Phi) is 19.5. The molecule has 34 heavy (non-hydrogen) atoms. The molecule has 0 spiro atoms. The highest BCUT2D eigenvalue weighted by Crippen LogP contribution is 2.30. The fourth-order valence-corrected chi connectivity index (χ4v) is 4.11. The number of allylic oxidation sites excluding steroid dienone is 1. The summed E-state index contributed by atoms with van der Waals surface area (Å²) >= 11 is 1.08. The van der Waals surface area contributed by atoms with Crippen molar-refractivity contribution in [2.24, 2.45) is 4.99 Å². The van der Waals surface area contributed by atoms with Gasteiger partial charge < -0.3 is 20.2 Å². The van der Waals surface area contributed by atoms with Gasteiger partial charge in [0, 0.05) is 17.3 Å². The van der Waals surface area contributed by atoms with Gasteiger partial charge in [-0.25, -0.2) is 13.8 Å². The number of thioether (sulfide) groups is 1. The van der Waals surface area contributed by atoms with Crippen LogP contribution in [0.4, 0.5) is 8.78 Å². The van der Waals surface area contributed by atoms with Gasteiger partial charge in [-0.15, -0.1) is 0 Å². The molecule has 1 aromatic carbocycles. The molecule has 0 bridgehead atoms. The number of nitrogens with zero attached hydrogens (tertiary/aromatic N) is 1. The van der Waals surface area contributed by atoms with E-state index in [0.29, 0.717) is 5.70 Å². The van der Waals surface area contributed by atoms with Crippen LogP contribution in [0.1, 0.15) is 71.8 Å². The molecule has 0 amide bonds. The van der Waals surface area contributed by atoms with E-state index in [1.165, 1.54) is 45.6 Å². The third kappa shape index (κ3) is 13.8. The van der Waals surface area contributed by atoms with Gasteiger partial charge in [0.1, 0.15) is 17.1 Å². The van der Waals surface area contributed by atoms with Crippen LogP contribution in [-0.4, -0.2) is 50.4 Å². The van der Waals surface area contributed by atoms with Crippen LogP contribution < -0.4 is 15.4 Å². The number of methoxy groups -OCH3 is 1. The lowest BCUT2D eigenvalue weighted by atomic mass is 10.2. The Morgan fingerprint density at radius 3 is 2.06 bits per heavy atom. The Balaban J connectivity index is 0.000000588. The van der Waals surface area contributed by atoms with Gasteiger partial charge in [-0.1, -0.05) is 64.6 Å². The fourth-order valence-electron chi connectivity index (χ4n) is 3.05. The van der Waals surface area contributed by atoms with E-state index in [4.69, 9.17) is 4.74 Å². The van der Waals surface area contributed by atoms with Crippen molar-refractivity contribution >= 4 is 23.1 Å². The number of aldehydes is 1. The van der Waals surface area contributed by atoms with Crippen molar-refractivity contribution in [1.29, 1.82) is 0 Å². The number of ether oxygens (including phenoxy) is 1. The summed E-state index contributed by atoms with van der Waals surface area (Å²) in [5, 5.41) is 5.98. The number of hydrogen-bond acceptors (Lipinski definition) is 6. The minimum atomic E-state index is -0.669. The number of nitrogens with one attached hydrogen (secondary N) is 2. The first-order valence-electron chi connectivity index (χ1n) is 12.2. The van der Waals surface area contributed by atoms with Gasteiger partial charge in [-0.2, -0.15) is 0 Å². The van der Waals surface area contributed by atoms with Crippen molar-refractivity contribution in [3.05, 3.63) is 41.1 Å². The Morgan fingerprint density at radius 2 is 1.68 bits per heavy atom. The van der Waals surface area contributed by atoms with Crippen LogP contribution in [0, 0.1) is 11.6 Å². The van der Waals surface area contributed by atoms with E-state index in [0.717, 1.165) is 49.8 Å². The third-order valence-corrected chi connectivity index (χ3v) is 5.84. The number of hydrogen-bond donors (Lipinski definition) is 2. The molecule has 2 aliphatic rings. The molecular formula is C26H43F2N3O2S. The van der Waals surface area contributed by atoms with Crippen LogP contribution in [-0.2, 0) is 4.79 Å². The number of rotatable bonds is 7. The van der Waals surface area contributed by atoms with Gasteiger partial charge in [0.25, 0.3) is 0 Å². The second-order valence-corrected chi connectivity index (χ2v) is 8.91. The van der Waals surface area contributed by atoms with Crippen molar-refractivity contribution < 1.29 is 18.3 Å². The van der Waals surface area contributed by atoms with E-state index in [1.54, 1.807) is 13.0 Å². The molecule has 3 rings (SSSR count). The topological polar surface area (TPSA) is 62.7 Å². The lowest BCUT2D eigenvalue weighted by Crippen LogP contribution is -2.13. The largest absolute Gasteiger partial charge is 0.494 e. The molecule has 1 aromatic rings. The highest BCUT2D eigenvalue weighted by atomic mass is 32.2. The fraction of sp³-hybridized carbons (Fsp3) is 0.615. The highest BCUT2D eigenvalue weighted by molar-refractivity contribution is 8.15. The SMILES string of the molecule is C1CCCC1.CCCNC.CCNCC.COc1cc(F)c(C2=NC(C)=CC(C=O)S2)cc1F. The van der Waals surface area contributed by atoms with Gasteiger partial charge in [-0.3, -0.25) is 0 Å². The van der Waals surface area contributed by atoms with Crippen LogP contribution >= 0.6 is 11.8 Å². The summed E-state index contributed by atoms with van der Waals surface area (Å²) in [4.78, 5) is 15.0. The maximum Gasteiger partial charge on any atom is 0.165 e. The van der Waals surface area contributed by atoms with Crippen molar-refractivity contribution in [2.45, 2.75) is 71.5 Å². The smallest absolute Gasteiger partial charge is 0.165 e. The summed E-state index contributed by atoms with van der Waals surface area (Å²) in [6, 6.07) is 2.00. The monoisotopic (exact) mass is 499 g/mol. The average Bonchev–Trinajstić information content (AvgIpc) is 3.42. The first-order valence-corrected chi connectivity index (χ1v) is 13.0. The maximum absolute atomic E-state index is 13.9. The van der Waals surface area contributed by atoms with Gasteiger partial charge >= 0.3 is 0 Å².